The number of hydrogen-bond acceptors (Lipinski definition) is 5. The summed E-state index contributed by atoms with van der Waals surface area (Å²) < 4.78 is 5.43. The summed E-state index contributed by atoms with van der Waals surface area (Å²) in [5.74, 6) is -0.763. The Morgan fingerprint density at radius 1 is 1.11 bits per heavy atom. The second kappa shape index (κ2) is 10.9. The zero-order valence-electron chi connectivity index (χ0n) is 15.8. The normalized spacial score (nSPS) is 10.5. The first kappa shape index (κ1) is 21.2. The molecule has 0 saturated heterocycles. The third-order valence-corrected chi connectivity index (χ3v) is 3.80. The molecule has 0 atom stereocenters. The Bertz CT molecular complexity index is 838. The summed E-state index contributed by atoms with van der Waals surface area (Å²) in [6, 6.07) is 12.8. The molecule has 8 heteroatoms. The maximum absolute atomic E-state index is 11.7. The number of ether oxygens (including phenoxy) is 1. The molecule has 0 spiro atoms. The number of nitrogens with one attached hydrogen (secondary N) is 3. The van der Waals surface area contributed by atoms with Gasteiger partial charge < -0.3 is 15.4 Å². The number of carbonyl (C=O) groups is 2. The van der Waals surface area contributed by atoms with Crippen molar-refractivity contribution in [2.24, 2.45) is 5.10 Å². The second-order valence-electron chi connectivity index (χ2n) is 5.77. The van der Waals surface area contributed by atoms with Gasteiger partial charge in [0.25, 0.3) is 0 Å². The van der Waals surface area contributed by atoms with Crippen LogP contribution in [-0.2, 0) is 9.59 Å². The molecule has 3 N–H and O–H groups in total. The van der Waals surface area contributed by atoms with Gasteiger partial charge in [-0.15, -0.1) is 0 Å². The molecule has 0 unspecified atom stereocenters. The minimum Gasteiger partial charge on any atom is -0.494 e. The molecule has 0 aliphatic heterocycles. The SMILES string of the molecule is CCCNC(=O)C(=O)N/N=C\c1cc(Cl)ccc1Nc1ccc(OCC)cc1. The lowest BCUT2D eigenvalue weighted by Crippen LogP contribution is -2.38. The van der Waals surface area contributed by atoms with Crippen LogP contribution in [0.2, 0.25) is 5.02 Å². The van der Waals surface area contributed by atoms with Gasteiger partial charge in [-0.1, -0.05) is 18.5 Å². The molecule has 0 aliphatic carbocycles. The molecule has 7 nitrogen and oxygen atoms in total. The average molecular weight is 403 g/mol. The Morgan fingerprint density at radius 2 is 1.86 bits per heavy atom. The molecule has 28 heavy (non-hydrogen) atoms. The van der Waals surface area contributed by atoms with E-state index in [4.69, 9.17) is 16.3 Å². The van der Waals surface area contributed by atoms with Crippen LogP contribution in [-0.4, -0.2) is 31.2 Å². The van der Waals surface area contributed by atoms with Crippen LogP contribution in [0.3, 0.4) is 0 Å². The first-order valence-electron chi connectivity index (χ1n) is 8.94. The van der Waals surface area contributed by atoms with Gasteiger partial charge in [0.2, 0.25) is 0 Å². The summed E-state index contributed by atoms with van der Waals surface area (Å²) >= 11 is 6.07. The number of benzene rings is 2. The summed E-state index contributed by atoms with van der Waals surface area (Å²) in [5, 5.41) is 10.1. The van der Waals surface area contributed by atoms with Gasteiger partial charge in [-0.2, -0.15) is 5.10 Å². The van der Waals surface area contributed by atoms with Crippen molar-refractivity contribution in [2.45, 2.75) is 20.3 Å². The zero-order chi connectivity index (χ0) is 20.4. The van der Waals surface area contributed by atoms with Gasteiger partial charge in [0.1, 0.15) is 5.75 Å². The lowest BCUT2D eigenvalue weighted by Gasteiger charge is -2.11. The topological polar surface area (TPSA) is 91.8 Å². The van der Waals surface area contributed by atoms with Crippen molar-refractivity contribution in [3.8, 4) is 5.75 Å². The van der Waals surface area contributed by atoms with Gasteiger partial charge in [-0.25, -0.2) is 5.43 Å². The smallest absolute Gasteiger partial charge is 0.329 e. The molecule has 0 fully saturated rings. The van der Waals surface area contributed by atoms with Crippen LogP contribution in [0.25, 0.3) is 0 Å². The molecule has 0 bridgehead atoms. The average Bonchev–Trinajstić information content (AvgIpc) is 2.69. The Kier molecular flexibility index (Phi) is 8.30. The standard InChI is InChI=1S/C20H23ClN4O3/c1-3-11-22-19(26)20(27)25-23-13-14-12-15(21)5-10-18(14)24-16-6-8-17(9-7-16)28-4-2/h5-10,12-13,24H,3-4,11H2,1-2H3,(H,22,26)(H,25,27)/b23-13-. The molecular weight excluding hydrogens is 380 g/mol. The van der Waals surface area contributed by atoms with Crippen molar-refractivity contribution < 1.29 is 14.3 Å². The predicted molar refractivity (Wildman–Crippen MR) is 111 cm³/mol. The van der Waals surface area contributed by atoms with Gasteiger partial charge in [-0.05, 0) is 55.8 Å². The Labute approximate surface area is 169 Å². The van der Waals surface area contributed by atoms with E-state index < -0.39 is 11.8 Å². The highest BCUT2D eigenvalue weighted by Gasteiger charge is 2.11. The highest BCUT2D eigenvalue weighted by atomic mass is 35.5. The van der Waals surface area contributed by atoms with Crippen molar-refractivity contribution in [2.75, 3.05) is 18.5 Å². The van der Waals surface area contributed by atoms with Crippen molar-refractivity contribution in [3.63, 3.8) is 0 Å². The fourth-order valence-corrected chi connectivity index (χ4v) is 2.42. The van der Waals surface area contributed by atoms with E-state index in [1.54, 1.807) is 18.2 Å². The van der Waals surface area contributed by atoms with Gasteiger partial charge >= 0.3 is 11.8 Å². The molecule has 2 aromatic carbocycles. The first-order chi connectivity index (χ1) is 13.5. The van der Waals surface area contributed by atoms with E-state index in [1.165, 1.54) is 6.21 Å². The maximum atomic E-state index is 11.7. The maximum Gasteiger partial charge on any atom is 0.329 e. The number of anilines is 2. The monoisotopic (exact) mass is 402 g/mol. The van der Waals surface area contributed by atoms with Crippen LogP contribution in [0.1, 0.15) is 25.8 Å². The molecular formula is C20H23ClN4O3. The molecule has 2 rings (SSSR count). The Hall–Kier alpha value is -3.06. The number of rotatable bonds is 8. The minimum absolute atomic E-state index is 0.431. The summed E-state index contributed by atoms with van der Waals surface area (Å²) in [6.45, 7) is 4.86. The molecule has 0 saturated carbocycles. The molecule has 0 aromatic heterocycles. The number of halogens is 1. The number of hydrazone groups is 1. The van der Waals surface area contributed by atoms with Crippen molar-refractivity contribution >= 4 is 41.0 Å². The van der Waals surface area contributed by atoms with E-state index in [0.29, 0.717) is 23.7 Å². The van der Waals surface area contributed by atoms with E-state index in [0.717, 1.165) is 23.5 Å². The van der Waals surface area contributed by atoms with Crippen LogP contribution in [0, 0.1) is 0 Å². The third-order valence-electron chi connectivity index (χ3n) is 3.57. The number of amides is 2. The van der Waals surface area contributed by atoms with E-state index in [-0.39, 0.29) is 0 Å². The first-order valence-corrected chi connectivity index (χ1v) is 9.32. The number of hydrogen-bond donors (Lipinski definition) is 3. The largest absolute Gasteiger partial charge is 0.494 e. The second-order valence-corrected chi connectivity index (χ2v) is 6.21. The summed E-state index contributed by atoms with van der Waals surface area (Å²) in [6.07, 6.45) is 2.17. The number of nitrogens with zero attached hydrogens (tertiary/aromatic N) is 1. The third kappa shape index (κ3) is 6.59. The fraction of sp³-hybridized carbons (Fsp3) is 0.250. The van der Waals surface area contributed by atoms with Gasteiger partial charge in [0.15, 0.2) is 0 Å². The van der Waals surface area contributed by atoms with E-state index >= 15 is 0 Å². The van der Waals surface area contributed by atoms with E-state index in [1.807, 2.05) is 38.1 Å². The van der Waals surface area contributed by atoms with Gasteiger partial charge in [0, 0.05) is 28.5 Å². The lowest BCUT2D eigenvalue weighted by atomic mass is 10.2. The quantitative estimate of drug-likeness (QED) is 0.358. The van der Waals surface area contributed by atoms with Crippen LogP contribution in [0.15, 0.2) is 47.6 Å². The highest BCUT2D eigenvalue weighted by Crippen LogP contribution is 2.24. The van der Waals surface area contributed by atoms with Crippen LogP contribution >= 0.6 is 11.6 Å². The molecule has 0 radical (unpaired) electrons. The summed E-state index contributed by atoms with van der Waals surface area (Å²) in [7, 11) is 0. The fourth-order valence-electron chi connectivity index (χ4n) is 2.24. The zero-order valence-corrected chi connectivity index (χ0v) is 16.5. The molecule has 0 aliphatic rings. The van der Waals surface area contributed by atoms with Gasteiger partial charge in [-0.3, -0.25) is 9.59 Å². The predicted octanol–water partition coefficient (Wildman–Crippen LogP) is 3.46. The van der Waals surface area contributed by atoms with Crippen LogP contribution in [0.5, 0.6) is 5.75 Å². The summed E-state index contributed by atoms with van der Waals surface area (Å²) in [5.41, 5.74) is 4.44. The Morgan fingerprint density at radius 3 is 2.54 bits per heavy atom. The minimum atomic E-state index is -0.826. The lowest BCUT2D eigenvalue weighted by molar-refractivity contribution is -0.139. The van der Waals surface area contributed by atoms with Gasteiger partial charge in [0.05, 0.1) is 12.8 Å². The van der Waals surface area contributed by atoms with E-state index in [9.17, 15) is 9.59 Å². The van der Waals surface area contributed by atoms with Crippen molar-refractivity contribution in [3.05, 3.63) is 53.1 Å². The number of carbonyl (C=O) groups excluding carboxylic acids is 2. The molecule has 148 valence electrons. The van der Waals surface area contributed by atoms with Crippen LogP contribution < -0.4 is 20.8 Å². The molecule has 2 aromatic rings. The van der Waals surface area contributed by atoms with E-state index in [2.05, 4.69) is 21.2 Å². The molecule has 2 amide bonds. The Balaban J connectivity index is 2.07. The highest BCUT2D eigenvalue weighted by molar-refractivity contribution is 6.35. The summed E-state index contributed by atoms with van der Waals surface area (Å²) in [4.78, 5) is 23.2. The van der Waals surface area contributed by atoms with Crippen LogP contribution in [0.4, 0.5) is 11.4 Å². The molecule has 0 heterocycles. The van der Waals surface area contributed by atoms with Crippen molar-refractivity contribution in [1.82, 2.24) is 10.7 Å². The van der Waals surface area contributed by atoms with Crippen molar-refractivity contribution in [1.29, 1.82) is 0 Å².